The number of ether oxygens (including phenoxy) is 3. The Hall–Kier alpha value is -3.80. The number of carbonyl (C=O) groups is 1. The molecule has 1 aliphatic rings. The van der Waals surface area contributed by atoms with Gasteiger partial charge in [-0.25, -0.2) is 4.79 Å². The topological polar surface area (TPSA) is 77.4 Å². The van der Waals surface area contributed by atoms with Crippen LogP contribution in [-0.4, -0.2) is 24.1 Å². The monoisotopic (exact) mass is 375 g/mol. The van der Waals surface area contributed by atoms with Gasteiger partial charge in [-0.2, -0.15) is 0 Å². The zero-order chi connectivity index (χ0) is 19.3. The van der Waals surface area contributed by atoms with Crippen LogP contribution in [0.15, 0.2) is 71.7 Å². The number of nitrogens with zero attached hydrogens (tertiary/aromatic N) is 1. The van der Waals surface area contributed by atoms with Crippen LogP contribution in [-0.2, 0) is 6.61 Å². The average Bonchev–Trinajstić information content (AvgIpc) is 3.19. The number of hydrogen-bond donors (Lipinski definition) is 1. The Morgan fingerprint density at radius 2 is 1.82 bits per heavy atom. The van der Waals surface area contributed by atoms with Crippen LogP contribution in [0.1, 0.15) is 21.5 Å². The van der Waals surface area contributed by atoms with Crippen molar-refractivity contribution < 1.29 is 24.1 Å². The van der Waals surface area contributed by atoms with E-state index >= 15 is 0 Å². The van der Waals surface area contributed by atoms with Gasteiger partial charge in [0.05, 0.1) is 11.3 Å². The van der Waals surface area contributed by atoms with Crippen molar-refractivity contribution >= 4 is 17.9 Å². The summed E-state index contributed by atoms with van der Waals surface area (Å²) in [4.78, 5) is 15.4. The van der Waals surface area contributed by atoms with E-state index in [1.807, 2.05) is 42.5 Å². The highest BCUT2D eigenvalue weighted by atomic mass is 16.7. The van der Waals surface area contributed by atoms with Crippen LogP contribution >= 0.6 is 0 Å². The molecule has 1 N–H and O–H groups in total. The third kappa shape index (κ3) is 3.96. The largest absolute Gasteiger partial charge is 0.488 e. The highest BCUT2D eigenvalue weighted by molar-refractivity contribution is 5.87. The molecule has 4 rings (SSSR count). The number of benzene rings is 3. The van der Waals surface area contributed by atoms with E-state index in [-0.39, 0.29) is 12.4 Å². The lowest BCUT2D eigenvalue weighted by molar-refractivity contribution is 0.0697. The van der Waals surface area contributed by atoms with Crippen molar-refractivity contribution in [2.24, 2.45) is 4.99 Å². The molecule has 3 aromatic carbocycles. The van der Waals surface area contributed by atoms with E-state index in [0.717, 1.165) is 22.6 Å². The zero-order valence-corrected chi connectivity index (χ0v) is 14.9. The van der Waals surface area contributed by atoms with Crippen LogP contribution in [0.4, 0.5) is 5.69 Å². The van der Waals surface area contributed by atoms with Crippen LogP contribution in [0.5, 0.6) is 17.2 Å². The number of fused-ring (bicyclic) bond motifs is 1. The summed E-state index contributed by atoms with van der Waals surface area (Å²) in [5.74, 6) is 1.15. The second-order valence-electron chi connectivity index (χ2n) is 6.12. The third-order valence-corrected chi connectivity index (χ3v) is 4.22. The van der Waals surface area contributed by atoms with Crippen LogP contribution in [0.2, 0.25) is 0 Å². The molecule has 0 bridgehead atoms. The zero-order valence-electron chi connectivity index (χ0n) is 14.9. The minimum atomic E-state index is -0.947. The van der Waals surface area contributed by atoms with E-state index in [9.17, 15) is 4.79 Å². The molecule has 3 aromatic rings. The van der Waals surface area contributed by atoms with Gasteiger partial charge in [-0.3, -0.25) is 4.99 Å². The Kier molecular flexibility index (Phi) is 4.93. The third-order valence-electron chi connectivity index (χ3n) is 4.22. The van der Waals surface area contributed by atoms with Gasteiger partial charge in [-0.05, 0) is 42.0 Å². The first kappa shape index (κ1) is 17.6. The van der Waals surface area contributed by atoms with Crippen molar-refractivity contribution in [1.29, 1.82) is 0 Å². The average molecular weight is 375 g/mol. The number of aromatic carboxylic acids is 1. The SMILES string of the molecule is O=C(O)c1ccc(COc2ccccc2C=Nc2ccc3c(c2)OCO3)cc1. The van der Waals surface area contributed by atoms with Gasteiger partial charge in [0.1, 0.15) is 12.4 Å². The fourth-order valence-electron chi connectivity index (χ4n) is 2.73. The second-order valence-corrected chi connectivity index (χ2v) is 6.12. The fourth-order valence-corrected chi connectivity index (χ4v) is 2.73. The van der Waals surface area contributed by atoms with Crippen LogP contribution in [0.3, 0.4) is 0 Å². The fraction of sp³-hybridized carbons (Fsp3) is 0.0909. The minimum absolute atomic E-state index is 0.229. The molecule has 0 saturated heterocycles. The Morgan fingerprint density at radius 3 is 2.64 bits per heavy atom. The molecule has 0 unspecified atom stereocenters. The quantitative estimate of drug-likeness (QED) is 0.645. The molecule has 0 radical (unpaired) electrons. The van der Waals surface area contributed by atoms with E-state index in [4.69, 9.17) is 19.3 Å². The van der Waals surface area contributed by atoms with Crippen molar-refractivity contribution in [3.63, 3.8) is 0 Å². The van der Waals surface area contributed by atoms with E-state index in [1.54, 1.807) is 30.5 Å². The molecule has 28 heavy (non-hydrogen) atoms. The Balaban J connectivity index is 1.46. The molecule has 0 aromatic heterocycles. The van der Waals surface area contributed by atoms with Gasteiger partial charge in [0, 0.05) is 17.8 Å². The number of aliphatic imine (C=N–C) groups is 1. The van der Waals surface area contributed by atoms with Gasteiger partial charge in [-0.15, -0.1) is 0 Å². The molecule has 140 valence electrons. The number of para-hydroxylation sites is 1. The van der Waals surface area contributed by atoms with E-state index < -0.39 is 5.97 Å². The first-order valence-corrected chi connectivity index (χ1v) is 8.67. The molecule has 0 saturated carbocycles. The summed E-state index contributed by atoms with van der Waals surface area (Å²) in [6.45, 7) is 0.557. The van der Waals surface area contributed by atoms with Crippen molar-refractivity contribution in [2.75, 3.05) is 6.79 Å². The molecule has 1 heterocycles. The van der Waals surface area contributed by atoms with E-state index in [2.05, 4.69) is 4.99 Å². The predicted octanol–water partition coefficient (Wildman–Crippen LogP) is 4.44. The van der Waals surface area contributed by atoms with Gasteiger partial charge in [0.2, 0.25) is 6.79 Å². The molecule has 6 nitrogen and oxygen atoms in total. The van der Waals surface area contributed by atoms with Crippen molar-refractivity contribution in [3.05, 3.63) is 83.4 Å². The van der Waals surface area contributed by atoms with E-state index in [0.29, 0.717) is 18.1 Å². The molecule has 0 spiro atoms. The molecular formula is C22H17NO5. The highest BCUT2D eigenvalue weighted by Crippen LogP contribution is 2.35. The second kappa shape index (κ2) is 7.84. The number of rotatable bonds is 6. The lowest BCUT2D eigenvalue weighted by Crippen LogP contribution is -2.00. The summed E-state index contributed by atoms with van der Waals surface area (Å²) in [5, 5.41) is 8.96. The van der Waals surface area contributed by atoms with Crippen LogP contribution in [0.25, 0.3) is 0 Å². The smallest absolute Gasteiger partial charge is 0.335 e. The first-order valence-electron chi connectivity index (χ1n) is 8.67. The summed E-state index contributed by atoms with van der Waals surface area (Å²) in [6.07, 6.45) is 1.74. The Labute approximate surface area is 161 Å². The van der Waals surface area contributed by atoms with Gasteiger partial charge >= 0.3 is 5.97 Å². The maximum atomic E-state index is 10.9. The van der Waals surface area contributed by atoms with Gasteiger partial charge in [0.25, 0.3) is 0 Å². The lowest BCUT2D eigenvalue weighted by Gasteiger charge is -2.09. The van der Waals surface area contributed by atoms with Gasteiger partial charge in [-0.1, -0.05) is 24.3 Å². The Morgan fingerprint density at radius 1 is 1.04 bits per heavy atom. The number of carboxylic acid groups (broad SMARTS) is 1. The molecule has 0 fully saturated rings. The molecule has 0 atom stereocenters. The van der Waals surface area contributed by atoms with Gasteiger partial charge < -0.3 is 19.3 Å². The molecule has 1 aliphatic heterocycles. The first-order chi connectivity index (χ1) is 13.7. The van der Waals surface area contributed by atoms with Crippen LogP contribution < -0.4 is 14.2 Å². The lowest BCUT2D eigenvalue weighted by atomic mass is 10.1. The minimum Gasteiger partial charge on any atom is -0.488 e. The predicted molar refractivity (Wildman–Crippen MR) is 104 cm³/mol. The van der Waals surface area contributed by atoms with Crippen molar-refractivity contribution in [3.8, 4) is 17.2 Å². The van der Waals surface area contributed by atoms with Crippen molar-refractivity contribution in [1.82, 2.24) is 0 Å². The highest BCUT2D eigenvalue weighted by Gasteiger charge is 2.12. The number of hydrogen-bond acceptors (Lipinski definition) is 5. The molecule has 0 amide bonds. The molecule has 6 heteroatoms. The number of carboxylic acids is 1. The maximum Gasteiger partial charge on any atom is 0.335 e. The van der Waals surface area contributed by atoms with E-state index in [1.165, 1.54) is 0 Å². The summed E-state index contributed by atoms with van der Waals surface area (Å²) >= 11 is 0. The Bertz CT molecular complexity index is 1030. The summed E-state index contributed by atoms with van der Waals surface area (Å²) < 4.78 is 16.6. The standard InChI is InChI=1S/C22H17NO5/c24-22(25)16-7-5-15(6-8-16)13-26-19-4-2-1-3-17(19)12-23-18-9-10-20-21(11-18)28-14-27-20/h1-12H,13-14H2,(H,24,25). The van der Waals surface area contributed by atoms with Crippen LogP contribution in [0, 0.1) is 0 Å². The summed E-state index contributed by atoms with van der Waals surface area (Å²) in [7, 11) is 0. The molecule has 0 aliphatic carbocycles. The van der Waals surface area contributed by atoms with Crippen molar-refractivity contribution in [2.45, 2.75) is 6.61 Å². The summed E-state index contributed by atoms with van der Waals surface area (Å²) in [5.41, 5.74) is 2.72. The maximum absolute atomic E-state index is 10.9. The summed E-state index contributed by atoms with van der Waals surface area (Å²) in [6, 6.07) is 19.7. The molecular weight excluding hydrogens is 358 g/mol. The van der Waals surface area contributed by atoms with Gasteiger partial charge in [0.15, 0.2) is 11.5 Å². The normalized spacial score (nSPS) is 12.3.